The molecule has 2 amide bonds. The number of carbonyl (C=O) groups excluding carboxylic acids is 2. The van der Waals surface area contributed by atoms with Crippen LogP contribution in [0.4, 0.5) is 22.0 Å². The predicted molar refractivity (Wildman–Crippen MR) is 138 cm³/mol. The Kier molecular flexibility index (Phi) is 7.76. The third-order valence-corrected chi connectivity index (χ3v) is 7.33. The van der Waals surface area contributed by atoms with Crippen LogP contribution in [0, 0.1) is 17.2 Å². The number of amides is 2. The Labute approximate surface area is 211 Å². The van der Waals surface area contributed by atoms with E-state index in [4.69, 9.17) is 16.9 Å². The first-order valence-electron chi connectivity index (χ1n) is 12.1. The zero-order valence-corrected chi connectivity index (χ0v) is 20.9. The molecule has 3 heterocycles. The Morgan fingerprint density at radius 2 is 1.97 bits per heavy atom. The second-order valence-corrected chi connectivity index (χ2v) is 9.85. The van der Waals surface area contributed by atoms with E-state index >= 15 is 0 Å². The zero-order chi connectivity index (χ0) is 24.9. The van der Waals surface area contributed by atoms with Crippen LogP contribution in [0.1, 0.15) is 38.7 Å². The van der Waals surface area contributed by atoms with Crippen molar-refractivity contribution in [2.24, 2.45) is 5.92 Å². The molecule has 1 aromatic heterocycles. The average Bonchev–Trinajstić information content (AvgIpc) is 2.86. The second kappa shape index (κ2) is 11.0. The first-order valence-corrected chi connectivity index (χ1v) is 12.5. The SMILES string of the molecule is C[C@@H]1CN(c2ccc(C#N)c(Cl)c2)[C@@H](C)CN1C(=O)Nc1ccc(N2CCC(CC=O)CC2)nc1. The molecule has 0 saturated carbocycles. The molecule has 4 rings (SSSR count). The number of urea groups is 1. The third kappa shape index (κ3) is 5.68. The van der Waals surface area contributed by atoms with Gasteiger partial charge in [-0.3, -0.25) is 0 Å². The minimum Gasteiger partial charge on any atom is -0.365 e. The highest BCUT2D eigenvalue weighted by Crippen LogP contribution is 2.28. The standard InChI is InChI=1S/C26H31ClN6O2/c1-18-17-33(19(2)16-32(18)23-5-3-21(14-28)24(27)13-23)26(35)30-22-4-6-25(29-15-22)31-10-7-20(8-11-31)9-12-34/h3-6,12-13,15,18-20H,7-11,16-17H2,1-2H3,(H,30,35)/t18-,19+/m0/s1. The van der Waals surface area contributed by atoms with Crippen molar-refractivity contribution in [2.75, 3.05) is 41.3 Å². The second-order valence-electron chi connectivity index (χ2n) is 9.45. The summed E-state index contributed by atoms with van der Waals surface area (Å²) < 4.78 is 0. The van der Waals surface area contributed by atoms with E-state index in [1.165, 1.54) is 0 Å². The number of aldehydes is 1. The number of nitriles is 1. The minimum atomic E-state index is -0.147. The van der Waals surface area contributed by atoms with Crippen LogP contribution in [0.5, 0.6) is 0 Å². The third-order valence-electron chi connectivity index (χ3n) is 7.02. The maximum Gasteiger partial charge on any atom is 0.322 e. The van der Waals surface area contributed by atoms with Gasteiger partial charge in [-0.1, -0.05) is 11.6 Å². The summed E-state index contributed by atoms with van der Waals surface area (Å²) in [5, 5.41) is 12.5. The van der Waals surface area contributed by atoms with Crippen LogP contribution in [0.2, 0.25) is 5.02 Å². The summed E-state index contributed by atoms with van der Waals surface area (Å²) in [6.07, 6.45) is 5.35. The highest BCUT2D eigenvalue weighted by molar-refractivity contribution is 6.32. The Bertz CT molecular complexity index is 1090. The number of pyridine rings is 1. The van der Waals surface area contributed by atoms with Crippen molar-refractivity contribution >= 4 is 41.1 Å². The van der Waals surface area contributed by atoms with Crippen molar-refractivity contribution in [1.29, 1.82) is 5.26 Å². The van der Waals surface area contributed by atoms with E-state index in [0.717, 1.165) is 43.7 Å². The number of nitrogens with zero attached hydrogens (tertiary/aromatic N) is 5. The molecule has 0 bridgehead atoms. The summed E-state index contributed by atoms with van der Waals surface area (Å²) in [4.78, 5) is 34.6. The minimum absolute atomic E-state index is 0.0134. The van der Waals surface area contributed by atoms with Gasteiger partial charge in [-0.2, -0.15) is 5.26 Å². The number of carbonyl (C=O) groups is 2. The number of piperidine rings is 1. The van der Waals surface area contributed by atoms with E-state index in [2.05, 4.69) is 33.1 Å². The molecule has 2 aromatic rings. The van der Waals surface area contributed by atoms with Crippen molar-refractivity contribution < 1.29 is 9.59 Å². The molecule has 0 spiro atoms. The molecule has 2 aliphatic heterocycles. The fourth-order valence-electron chi connectivity index (χ4n) is 4.92. The molecule has 35 heavy (non-hydrogen) atoms. The number of rotatable bonds is 5. The van der Waals surface area contributed by atoms with Gasteiger partial charge in [0.25, 0.3) is 0 Å². The molecule has 2 saturated heterocycles. The normalized spacial score (nSPS) is 20.9. The van der Waals surface area contributed by atoms with Crippen LogP contribution in [-0.4, -0.2) is 60.5 Å². The molecular formula is C26H31ClN6O2. The molecule has 8 nitrogen and oxygen atoms in total. The Morgan fingerprint density at radius 1 is 1.20 bits per heavy atom. The van der Waals surface area contributed by atoms with Gasteiger partial charge in [0, 0.05) is 50.4 Å². The lowest BCUT2D eigenvalue weighted by molar-refractivity contribution is -0.108. The van der Waals surface area contributed by atoms with Gasteiger partial charge in [0.1, 0.15) is 18.2 Å². The van der Waals surface area contributed by atoms with Gasteiger partial charge >= 0.3 is 6.03 Å². The highest BCUT2D eigenvalue weighted by atomic mass is 35.5. The van der Waals surface area contributed by atoms with Gasteiger partial charge in [0.15, 0.2) is 0 Å². The van der Waals surface area contributed by atoms with Crippen LogP contribution < -0.4 is 15.1 Å². The van der Waals surface area contributed by atoms with Gasteiger partial charge in [-0.15, -0.1) is 0 Å². The number of hydrogen-bond acceptors (Lipinski definition) is 6. The number of halogens is 1. The number of benzene rings is 1. The Morgan fingerprint density at radius 3 is 2.60 bits per heavy atom. The summed E-state index contributed by atoms with van der Waals surface area (Å²) in [6.45, 7) is 7.11. The first kappa shape index (κ1) is 24.8. The van der Waals surface area contributed by atoms with E-state index < -0.39 is 0 Å². The highest BCUT2D eigenvalue weighted by Gasteiger charge is 2.32. The summed E-state index contributed by atoms with van der Waals surface area (Å²) in [5.41, 5.74) is 2.07. The van der Waals surface area contributed by atoms with Crippen LogP contribution in [0.15, 0.2) is 36.5 Å². The van der Waals surface area contributed by atoms with Gasteiger partial charge in [-0.25, -0.2) is 9.78 Å². The molecule has 1 N–H and O–H groups in total. The molecule has 2 atom stereocenters. The lowest BCUT2D eigenvalue weighted by Gasteiger charge is -2.45. The van der Waals surface area contributed by atoms with E-state index in [9.17, 15) is 9.59 Å². The van der Waals surface area contributed by atoms with Crippen LogP contribution in [-0.2, 0) is 4.79 Å². The molecule has 0 unspecified atom stereocenters. The Balaban J connectivity index is 1.34. The molecule has 1 aromatic carbocycles. The lowest BCUT2D eigenvalue weighted by atomic mass is 9.94. The maximum atomic E-state index is 13.1. The first-order chi connectivity index (χ1) is 16.9. The smallest absolute Gasteiger partial charge is 0.322 e. The summed E-state index contributed by atoms with van der Waals surface area (Å²) in [7, 11) is 0. The maximum absolute atomic E-state index is 13.1. The lowest BCUT2D eigenvalue weighted by Crippen LogP contribution is -2.59. The molecular weight excluding hydrogens is 464 g/mol. The molecule has 0 aliphatic carbocycles. The fraction of sp³-hybridized carbons (Fsp3) is 0.462. The van der Waals surface area contributed by atoms with Crippen molar-refractivity contribution in [2.45, 2.75) is 45.2 Å². The summed E-state index contributed by atoms with van der Waals surface area (Å²) >= 11 is 6.24. The van der Waals surface area contributed by atoms with E-state index in [0.29, 0.717) is 41.7 Å². The largest absolute Gasteiger partial charge is 0.365 e. The molecule has 184 valence electrons. The van der Waals surface area contributed by atoms with Gasteiger partial charge < -0.3 is 24.8 Å². The molecule has 2 aliphatic rings. The summed E-state index contributed by atoms with van der Waals surface area (Å²) in [6, 6.07) is 11.3. The Hall–Kier alpha value is -3.31. The molecule has 0 radical (unpaired) electrons. The van der Waals surface area contributed by atoms with Crippen molar-refractivity contribution in [3.05, 3.63) is 47.1 Å². The number of piperazine rings is 1. The van der Waals surface area contributed by atoms with Crippen molar-refractivity contribution in [3.8, 4) is 6.07 Å². The monoisotopic (exact) mass is 494 g/mol. The van der Waals surface area contributed by atoms with Gasteiger partial charge in [-0.05, 0) is 62.9 Å². The van der Waals surface area contributed by atoms with Gasteiger partial charge in [0.2, 0.25) is 0 Å². The molecule has 2 fully saturated rings. The molecule has 9 heteroatoms. The topological polar surface area (TPSA) is 92.6 Å². The summed E-state index contributed by atoms with van der Waals surface area (Å²) in [5.74, 6) is 1.37. The quantitative estimate of drug-likeness (QED) is 0.613. The van der Waals surface area contributed by atoms with Gasteiger partial charge in [0.05, 0.1) is 22.5 Å². The number of aromatic nitrogens is 1. The van der Waals surface area contributed by atoms with E-state index in [1.807, 2.05) is 36.1 Å². The zero-order valence-electron chi connectivity index (χ0n) is 20.2. The van der Waals surface area contributed by atoms with Crippen molar-refractivity contribution in [1.82, 2.24) is 9.88 Å². The fourth-order valence-corrected chi connectivity index (χ4v) is 5.14. The number of nitrogens with one attached hydrogen (secondary N) is 1. The van der Waals surface area contributed by atoms with Crippen LogP contribution >= 0.6 is 11.6 Å². The van der Waals surface area contributed by atoms with E-state index in [-0.39, 0.29) is 18.1 Å². The van der Waals surface area contributed by atoms with E-state index in [1.54, 1.807) is 12.3 Å². The predicted octanol–water partition coefficient (Wildman–Crippen LogP) is 4.54. The van der Waals surface area contributed by atoms with Crippen LogP contribution in [0.3, 0.4) is 0 Å². The van der Waals surface area contributed by atoms with Crippen molar-refractivity contribution in [3.63, 3.8) is 0 Å². The van der Waals surface area contributed by atoms with Crippen LogP contribution in [0.25, 0.3) is 0 Å². The average molecular weight is 495 g/mol. The number of hydrogen-bond donors (Lipinski definition) is 1. The number of anilines is 3.